The average Bonchev–Trinajstić information content (AvgIpc) is 2.84. The van der Waals surface area contributed by atoms with Crippen LogP contribution in [-0.2, 0) is 48.1 Å². The van der Waals surface area contributed by atoms with Crippen molar-refractivity contribution < 1.29 is 26.6 Å². The van der Waals surface area contributed by atoms with Crippen molar-refractivity contribution in [2.75, 3.05) is 0 Å². The summed E-state index contributed by atoms with van der Waals surface area (Å²) in [5.74, 6) is 0. The summed E-state index contributed by atoms with van der Waals surface area (Å²) in [5, 5.41) is 0. The minimum absolute atomic E-state index is 0.594. The first kappa shape index (κ1) is 21.9. The molecule has 0 aliphatic rings. The van der Waals surface area contributed by atoms with Crippen molar-refractivity contribution in [3.8, 4) is 0 Å². The quantitative estimate of drug-likeness (QED) is 0.194. The molecule has 0 unspecified atom stereocenters. The Morgan fingerprint density at radius 2 is 0.677 bits per heavy atom. The second-order valence-corrected chi connectivity index (χ2v) is 18.9. The first-order chi connectivity index (χ1) is 15.3. The summed E-state index contributed by atoms with van der Waals surface area (Å²) in [4.78, 5) is 0. The monoisotopic (exact) mass is 576 g/mol. The standard InChI is InChI=1S/2C7H7O.2C7H7.Hf/c2*8-6-7-4-2-1-3-5-7;2*1-7-5-3-2-4-6-7;/h2*1-5H,6H2;2*2-6H,1H2;/q2*-1;;;+2. The summed E-state index contributed by atoms with van der Waals surface area (Å²) in [7, 11) is 0. The molecule has 31 heavy (non-hydrogen) atoms. The Morgan fingerprint density at radius 3 is 1.00 bits per heavy atom. The van der Waals surface area contributed by atoms with Gasteiger partial charge in [-0.25, -0.2) is 0 Å². The van der Waals surface area contributed by atoms with Crippen LogP contribution >= 0.6 is 0 Å². The van der Waals surface area contributed by atoms with Gasteiger partial charge in [0.1, 0.15) is 0 Å². The Labute approximate surface area is 191 Å². The van der Waals surface area contributed by atoms with Gasteiger partial charge in [0.25, 0.3) is 0 Å². The van der Waals surface area contributed by atoms with Crippen molar-refractivity contribution in [2.45, 2.75) is 21.6 Å². The average molecular weight is 575 g/mol. The molecule has 0 aromatic heterocycles. The van der Waals surface area contributed by atoms with E-state index in [-0.39, 0.29) is 0 Å². The molecule has 0 fully saturated rings. The fourth-order valence-electron chi connectivity index (χ4n) is 3.70. The van der Waals surface area contributed by atoms with Crippen LogP contribution in [-0.4, -0.2) is 0 Å². The fourth-order valence-corrected chi connectivity index (χ4v) is 15.2. The van der Waals surface area contributed by atoms with Crippen molar-refractivity contribution in [1.29, 1.82) is 0 Å². The Morgan fingerprint density at radius 1 is 0.387 bits per heavy atom. The van der Waals surface area contributed by atoms with Gasteiger partial charge in [-0.3, -0.25) is 0 Å². The predicted octanol–water partition coefficient (Wildman–Crippen LogP) is 6.80. The van der Waals surface area contributed by atoms with Gasteiger partial charge in [-0.1, -0.05) is 0 Å². The number of benzene rings is 4. The van der Waals surface area contributed by atoms with Gasteiger partial charge in [0, 0.05) is 0 Å². The molecular weight excluding hydrogens is 547 g/mol. The normalized spacial score (nSPS) is 11.4. The number of rotatable bonds is 10. The molecule has 3 heteroatoms. The van der Waals surface area contributed by atoms with E-state index in [1.807, 2.05) is 12.1 Å². The van der Waals surface area contributed by atoms with E-state index >= 15 is 0 Å². The fraction of sp³-hybridized carbons (Fsp3) is 0.143. The van der Waals surface area contributed by atoms with Gasteiger partial charge in [0.15, 0.2) is 0 Å². The predicted molar refractivity (Wildman–Crippen MR) is 123 cm³/mol. The van der Waals surface area contributed by atoms with E-state index < -0.39 is 20.8 Å². The minimum atomic E-state index is -3.76. The van der Waals surface area contributed by atoms with Crippen molar-refractivity contribution in [3.05, 3.63) is 144 Å². The summed E-state index contributed by atoms with van der Waals surface area (Å²) < 4.78 is 15.5. The van der Waals surface area contributed by atoms with E-state index in [2.05, 4.69) is 109 Å². The summed E-state index contributed by atoms with van der Waals surface area (Å²) in [5.41, 5.74) is 4.97. The topological polar surface area (TPSA) is 18.5 Å². The third kappa shape index (κ3) is 6.83. The molecule has 0 radical (unpaired) electrons. The Balaban J connectivity index is 1.64. The molecular formula is C28H28HfO2. The Kier molecular flexibility index (Phi) is 8.00. The zero-order valence-electron chi connectivity index (χ0n) is 17.7. The van der Waals surface area contributed by atoms with Gasteiger partial charge in [-0.05, 0) is 0 Å². The Bertz CT molecular complexity index is 935. The van der Waals surface area contributed by atoms with Crippen molar-refractivity contribution in [1.82, 2.24) is 0 Å². The molecule has 0 saturated carbocycles. The van der Waals surface area contributed by atoms with Crippen molar-refractivity contribution in [2.24, 2.45) is 0 Å². The van der Waals surface area contributed by atoms with Crippen LogP contribution in [0, 0.1) is 0 Å². The molecule has 4 aromatic carbocycles. The van der Waals surface area contributed by atoms with E-state index in [0.717, 1.165) is 8.35 Å². The molecule has 156 valence electrons. The summed E-state index contributed by atoms with van der Waals surface area (Å²) >= 11 is -3.76. The molecule has 0 aliphatic carbocycles. The zero-order valence-corrected chi connectivity index (χ0v) is 21.3. The van der Waals surface area contributed by atoms with E-state index in [0.29, 0.717) is 13.2 Å². The molecule has 4 rings (SSSR count). The van der Waals surface area contributed by atoms with E-state index in [4.69, 9.17) is 5.71 Å². The maximum atomic E-state index is 6.85. The summed E-state index contributed by atoms with van der Waals surface area (Å²) in [6, 6.07) is 42.2. The van der Waals surface area contributed by atoms with Gasteiger partial charge in [-0.2, -0.15) is 0 Å². The molecule has 0 aliphatic heterocycles. The summed E-state index contributed by atoms with van der Waals surface area (Å²) in [6.45, 7) is 1.19. The van der Waals surface area contributed by atoms with Gasteiger partial charge in [-0.15, -0.1) is 0 Å². The molecule has 0 bridgehead atoms. The molecule has 0 atom stereocenters. The van der Waals surface area contributed by atoms with Crippen LogP contribution in [0.15, 0.2) is 121 Å². The SMILES string of the molecule is c1ccc(C[O][Hf]([CH2]c2ccccc2)([CH2]c2ccccc2)[O]Cc2ccccc2)cc1. The van der Waals surface area contributed by atoms with Crippen LogP contribution in [0.25, 0.3) is 0 Å². The van der Waals surface area contributed by atoms with Crippen molar-refractivity contribution >= 4 is 0 Å². The zero-order chi connectivity index (χ0) is 21.2. The van der Waals surface area contributed by atoms with Crippen LogP contribution in [0.3, 0.4) is 0 Å². The first-order valence-electron chi connectivity index (χ1n) is 10.7. The van der Waals surface area contributed by atoms with Crippen LogP contribution in [0.1, 0.15) is 22.3 Å². The second kappa shape index (κ2) is 11.3. The number of hydrogen-bond acceptors (Lipinski definition) is 2. The maximum absolute atomic E-state index is 6.85. The molecule has 0 amide bonds. The molecule has 2 nitrogen and oxygen atoms in total. The van der Waals surface area contributed by atoms with E-state index in [1.54, 1.807) is 0 Å². The van der Waals surface area contributed by atoms with E-state index in [1.165, 1.54) is 22.3 Å². The van der Waals surface area contributed by atoms with Crippen LogP contribution in [0.5, 0.6) is 0 Å². The van der Waals surface area contributed by atoms with Gasteiger partial charge in [0.05, 0.1) is 0 Å². The first-order valence-corrected chi connectivity index (χ1v) is 18.8. The van der Waals surface area contributed by atoms with E-state index in [9.17, 15) is 0 Å². The third-order valence-corrected chi connectivity index (χ3v) is 16.9. The number of hydrogen-bond donors (Lipinski definition) is 0. The van der Waals surface area contributed by atoms with Gasteiger partial charge in [0.2, 0.25) is 0 Å². The molecule has 0 spiro atoms. The van der Waals surface area contributed by atoms with Gasteiger partial charge < -0.3 is 0 Å². The van der Waals surface area contributed by atoms with Crippen LogP contribution < -0.4 is 0 Å². The van der Waals surface area contributed by atoms with Gasteiger partial charge >= 0.3 is 192 Å². The second-order valence-electron chi connectivity index (χ2n) is 7.78. The molecule has 0 N–H and O–H groups in total. The Hall–Kier alpha value is -2.33. The molecule has 0 saturated heterocycles. The van der Waals surface area contributed by atoms with Crippen molar-refractivity contribution in [3.63, 3.8) is 0 Å². The molecule has 0 heterocycles. The summed E-state index contributed by atoms with van der Waals surface area (Å²) in [6.07, 6.45) is 0. The van der Waals surface area contributed by atoms with Crippen LogP contribution in [0.2, 0.25) is 0 Å². The third-order valence-electron chi connectivity index (χ3n) is 5.32. The van der Waals surface area contributed by atoms with Crippen LogP contribution in [0.4, 0.5) is 0 Å². The molecule has 4 aromatic rings.